The van der Waals surface area contributed by atoms with E-state index in [0.717, 1.165) is 12.3 Å². The minimum absolute atomic E-state index is 0.0405. The summed E-state index contributed by atoms with van der Waals surface area (Å²) >= 11 is 1.95. The maximum atomic E-state index is 9.20. The molecule has 3 atom stereocenters. The van der Waals surface area contributed by atoms with Crippen LogP contribution >= 0.6 is 11.8 Å². The van der Waals surface area contributed by atoms with Crippen LogP contribution in [0.1, 0.15) is 12.8 Å². The third-order valence-corrected chi connectivity index (χ3v) is 3.71. The molecular formula is C6H10OS. The maximum Gasteiger partial charge on any atom is 0.0661 e. The zero-order valence-corrected chi connectivity index (χ0v) is 5.53. The molecule has 1 saturated heterocycles. The molecule has 2 rings (SSSR count). The van der Waals surface area contributed by atoms with Crippen LogP contribution in [0, 0.1) is 5.92 Å². The second-order valence-corrected chi connectivity index (χ2v) is 4.05. The maximum absolute atomic E-state index is 9.20. The highest BCUT2D eigenvalue weighted by atomic mass is 32.2. The molecular weight excluding hydrogens is 120 g/mol. The van der Waals surface area contributed by atoms with Crippen LogP contribution in [-0.4, -0.2) is 22.2 Å². The van der Waals surface area contributed by atoms with Gasteiger partial charge in [0, 0.05) is 5.25 Å². The summed E-state index contributed by atoms with van der Waals surface area (Å²) < 4.78 is 0. The lowest BCUT2D eigenvalue weighted by atomic mass is 10.1. The van der Waals surface area contributed by atoms with E-state index in [1.807, 2.05) is 11.8 Å². The number of aliphatic hydroxyl groups excluding tert-OH is 1. The Morgan fingerprint density at radius 1 is 1.38 bits per heavy atom. The van der Waals surface area contributed by atoms with E-state index >= 15 is 0 Å². The molecule has 2 aliphatic rings. The molecule has 1 nitrogen and oxygen atoms in total. The minimum atomic E-state index is 0.0405. The van der Waals surface area contributed by atoms with Gasteiger partial charge in [0.15, 0.2) is 0 Å². The van der Waals surface area contributed by atoms with Crippen molar-refractivity contribution in [2.45, 2.75) is 24.2 Å². The molecule has 1 saturated carbocycles. The van der Waals surface area contributed by atoms with E-state index in [1.165, 1.54) is 12.2 Å². The number of hydrogen-bond donors (Lipinski definition) is 1. The summed E-state index contributed by atoms with van der Waals surface area (Å²) in [7, 11) is 0. The molecule has 0 amide bonds. The Hall–Kier alpha value is 0.310. The van der Waals surface area contributed by atoms with Gasteiger partial charge >= 0.3 is 0 Å². The topological polar surface area (TPSA) is 20.2 Å². The molecule has 0 spiro atoms. The van der Waals surface area contributed by atoms with E-state index in [2.05, 4.69) is 0 Å². The smallest absolute Gasteiger partial charge is 0.0661 e. The standard InChI is InChI=1S/C6H10OS/c7-5-1-4-2-6(5)8-3-4/h4-7H,1-3H2/t4-,5-,6-/m1/s1. The molecule has 1 N–H and O–H groups in total. The van der Waals surface area contributed by atoms with Gasteiger partial charge in [0.1, 0.15) is 0 Å². The predicted octanol–water partition coefficient (Wildman–Crippen LogP) is 0.873. The first kappa shape index (κ1) is 5.12. The van der Waals surface area contributed by atoms with Gasteiger partial charge in [-0.25, -0.2) is 0 Å². The Bertz CT molecular complexity index is 103. The summed E-state index contributed by atoms with van der Waals surface area (Å²) in [5.41, 5.74) is 0. The van der Waals surface area contributed by atoms with Gasteiger partial charge in [-0.15, -0.1) is 0 Å². The minimum Gasteiger partial charge on any atom is -0.392 e. The van der Waals surface area contributed by atoms with Crippen molar-refractivity contribution in [1.82, 2.24) is 0 Å². The monoisotopic (exact) mass is 130 g/mol. The summed E-state index contributed by atoms with van der Waals surface area (Å²) in [4.78, 5) is 0. The first-order chi connectivity index (χ1) is 3.86. The van der Waals surface area contributed by atoms with Crippen LogP contribution in [0.5, 0.6) is 0 Å². The fraction of sp³-hybridized carbons (Fsp3) is 1.00. The fourth-order valence-electron chi connectivity index (χ4n) is 1.65. The van der Waals surface area contributed by atoms with Crippen molar-refractivity contribution in [1.29, 1.82) is 0 Å². The number of rotatable bonds is 0. The van der Waals surface area contributed by atoms with Crippen LogP contribution < -0.4 is 0 Å². The Labute approximate surface area is 53.5 Å². The van der Waals surface area contributed by atoms with Crippen LogP contribution in [0.3, 0.4) is 0 Å². The second-order valence-electron chi connectivity index (χ2n) is 2.78. The lowest BCUT2D eigenvalue weighted by Gasteiger charge is -2.14. The Morgan fingerprint density at radius 2 is 2.25 bits per heavy atom. The van der Waals surface area contributed by atoms with Crippen molar-refractivity contribution in [2.24, 2.45) is 5.92 Å². The van der Waals surface area contributed by atoms with Crippen LogP contribution in [0.4, 0.5) is 0 Å². The van der Waals surface area contributed by atoms with E-state index in [0.29, 0.717) is 5.25 Å². The lowest BCUT2D eigenvalue weighted by Crippen LogP contribution is -2.17. The van der Waals surface area contributed by atoms with E-state index < -0.39 is 0 Å². The van der Waals surface area contributed by atoms with Crippen LogP contribution in [0.15, 0.2) is 0 Å². The molecule has 1 heterocycles. The highest BCUT2D eigenvalue weighted by molar-refractivity contribution is 8.00. The average Bonchev–Trinajstić information content (AvgIpc) is 2.23. The van der Waals surface area contributed by atoms with Gasteiger partial charge in [-0.2, -0.15) is 11.8 Å². The summed E-state index contributed by atoms with van der Waals surface area (Å²) in [6.07, 6.45) is 2.41. The van der Waals surface area contributed by atoms with Crippen molar-refractivity contribution in [3.05, 3.63) is 0 Å². The van der Waals surface area contributed by atoms with Crippen LogP contribution in [-0.2, 0) is 0 Å². The van der Waals surface area contributed by atoms with Crippen molar-refractivity contribution in [3.8, 4) is 0 Å². The Balaban J connectivity index is 2.11. The highest BCUT2D eigenvalue weighted by Gasteiger charge is 2.38. The van der Waals surface area contributed by atoms with E-state index in [-0.39, 0.29) is 6.10 Å². The van der Waals surface area contributed by atoms with Crippen molar-refractivity contribution >= 4 is 11.8 Å². The predicted molar refractivity (Wildman–Crippen MR) is 35.0 cm³/mol. The molecule has 1 aliphatic carbocycles. The first-order valence-electron chi connectivity index (χ1n) is 3.16. The molecule has 46 valence electrons. The van der Waals surface area contributed by atoms with Crippen LogP contribution in [0.2, 0.25) is 0 Å². The first-order valence-corrected chi connectivity index (χ1v) is 4.21. The number of hydrogen-bond acceptors (Lipinski definition) is 2. The van der Waals surface area contributed by atoms with Crippen molar-refractivity contribution in [3.63, 3.8) is 0 Å². The molecule has 2 heteroatoms. The molecule has 0 unspecified atom stereocenters. The van der Waals surface area contributed by atoms with Gasteiger partial charge in [-0.1, -0.05) is 0 Å². The molecule has 0 aromatic carbocycles. The molecule has 2 fully saturated rings. The summed E-state index contributed by atoms with van der Waals surface area (Å²) in [6.45, 7) is 0. The van der Waals surface area contributed by atoms with Gasteiger partial charge in [0.05, 0.1) is 6.10 Å². The van der Waals surface area contributed by atoms with E-state index in [9.17, 15) is 5.11 Å². The third kappa shape index (κ3) is 0.594. The Kier molecular flexibility index (Phi) is 1.05. The van der Waals surface area contributed by atoms with Gasteiger partial charge in [0.25, 0.3) is 0 Å². The number of thioether (sulfide) groups is 1. The molecule has 8 heavy (non-hydrogen) atoms. The fourth-order valence-corrected chi connectivity index (χ4v) is 3.18. The molecule has 0 radical (unpaired) electrons. The van der Waals surface area contributed by atoms with Crippen molar-refractivity contribution < 1.29 is 5.11 Å². The summed E-state index contributed by atoms with van der Waals surface area (Å²) in [6, 6.07) is 0. The van der Waals surface area contributed by atoms with Gasteiger partial charge in [0.2, 0.25) is 0 Å². The second kappa shape index (κ2) is 1.64. The quantitative estimate of drug-likeness (QED) is 0.525. The largest absolute Gasteiger partial charge is 0.392 e. The lowest BCUT2D eigenvalue weighted by molar-refractivity contribution is 0.180. The Morgan fingerprint density at radius 3 is 2.50 bits per heavy atom. The van der Waals surface area contributed by atoms with E-state index in [1.54, 1.807) is 0 Å². The van der Waals surface area contributed by atoms with Gasteiger partial charge < -0.3 is 5.11 Å². The highest BCUT2D eigenvalue weighted by Crippen LogP contribution is 2.43. The van der Waals surface area contributed by atoms with Crippen molar-refractivity contribution in [2.75, 3.05) is 5.75 Å². The van der Waals surface area contributed by atoms with Crippen LogP contribution in [0.25, 0.3) is 0 Å². The number of fused-ring (bicyclic) bond motifs is 2. The molecule has 0 aromatic rings. The SMILES string of the molecule is O[C@@H]1C[C@H]2CS[C@@H]1C2. The summed E-state index contributed by atoms with van der Waals surface area (Å²) in [5, 5.41) is 9.81. The molecule has 1 aliphatic heterocycles. The van der Waals surface area contributed by atoms with Gasteiger partial charge in [-0.3, -0.25) is 0 Å². The number of aliphatic hydroxyl groups is 1. The zero-order valence-electron chi connectivity index (χ0n) is 4.71. The normalized spacial score (nSPS) is 52.9. The molecule has 2 bridgehead atoms. The van der Waals surface area contributed by atoms with Gasteiger partial charge in [-0.05, 0) is 24.5 Å². The summed E-state index contributed by atoms with van der Waals surface area (Å²) in [5.74, 6) is 2.17. The third-order valence-electron chi connectivity index (χ3n) is 2.12. The zero-order chi connectivity index (χ0) is 5.56. The molecule has 0 aromatic heterocycles. The average molecular weight is 130 g/mol. The van der Waals surface area contributed by atoms with E-state index in [4.69, 9.17) is 0 Å².